The highest BCUT2D eigenvalue weighted by atomic mass is 79.9. The topological polar surface area (TPSA) is 74.6 Å². The Hall–Kier alpha value is -1.01. The number of carbonyl (C=O) groups is 2. The normalized spacial score (nSPS) is 12.1. The number of halogens is 1. The maximum absolute atomic E-state index is 11.1. The Balaban J connectivity index is 3.03. The van der Waals surface area contributed by atoms with E-state index in [4.69, 9.17) is 10.2 Å². The molecular weight excluding hydrogens is 320 g/mol. The Bertz CT molecular complexity index is 461. The van der Waals surface area contributed by atoms with E-state index in [0.717, 1.165) is 22.7 Å². The first-order valence-electron chi connectivity index (χ1n) is 5.38. The SMILES string of the molecule is CCCC(Sc1cc(Br)ccc1C(=O)O)C(=O)O. The number of hydrogen-bond donors (Lipinski definition) is 2. The summed E-state index contributed by atoms with van der Waals surface area (Å²) in [4.78, 5) is 22.6. The second kappa shape index (κ2) is 6.80. The summed E-state index contributed by atoms with van der Waals surface area (Å²) in [5, 5.41) is 17.5. The van der Waals surface area contributed by atoms with Crippen LogP contribution in [0.5, 0.6) is 0 Å². The molecule has 4 nitrogen and oxygen atoms in total. The molecular formula is C12H13BrO4S. The van der Waals surface area contributed by atoms with Gasteiger partial charge in [-0.25, -0.2) is 4.79 Å². The maximum atomic E-state index is 11.1. The molecule has 2 N–H and O–H groups in total. The summed E-state index contributed by atoms with van der Waals surface area (Å²) in [7, 11) is 0. The monoisotopic (exact) mass is 332 g/mol. The van der Waals surface area contributed by atoms with Gasteiger partial charge in [0.25, 0.3) is 0 Å². The number of carboxylic acids is 2. The molecule has 1 atom stereocenters. The van der Waals surface area contributed by atoms with E-state index in [0.29, 0.717) is 11.3 Å². The van der Waals surface area contributed by atoms with Crippen molar-refractivity contribution in [1.29, 1.82) is 0 Å². The Morgan fingerprint density at radius 2 is 2.06 bits per heavy atom. The van der Waals surface area contributed by atoms with E-state index in [2.05, 4.69) is 15.9 Å². The predicted molar refractivity (Wildman–Crippen MR) is 73.3 cm³/mol. The number of hydrogen-bond acceptors (Lipinski definition) is 3. The molecule has 0 fully saturated rings. The van der Waals surface area contributed by atoms with Crippen molar-refractivity contribution in [3.8, 4) is 0 Å². The van der Waals surface area contributed by atoms with Crippen LogP contribution < -0.4 is 0 Å². The van der Waals surface area contributed by atoms with Crippen LogP contribution in [0.1, 0.15) is 30.1 Å². The summed E-state index contributed by atoms with van der Waals surface area (Å²) in [5.74, 6) is -1.97. The first kappa shape index (κ1) is 15.0. The molecule has 0 spiro atoms. The van der Waals surface area contributed by atoms with Crippen LogP contribution in [0, 0.1) is 0 Å². The largest absolute Gasteiger partial charge is 0.480 e. The summed E-state index contributed by atoms with van der Waals surface area (Å²) >= 11 is 4.34. The third kappa shape index (κ3) is 4.03. The number of carboxylic acid groups (broad SMARTS) is 2. The minimum absolute atomic E-state index is 0.130. The van der Waals surface area contributed by atoms with Crippen LogP contribution in [0.25, 0.3) is 0 Å². The van der Waals surface area contributed by atoms with Gasteiger partial charge < -0.3 is 10.2 Å². The fraction of sp³-hybridized carbons (Fsp3) is 0.333. The maximum Gasteiger partial charge on any atom is 0.336 e. The van der Waals surface area contributed by atoms with Gasteiger partial charge in [0, 0.05) is 9.37 Å². The van der Waals surface area contributed by atoms with Gasteiger partial charge in [-0.2, -0.15) is 0 Å². The van der Waals surface area contributed by atoms with E-state index in [-0.39, 0.29) is 5.56 Å². The zero-order valence-electron chi connectivity index (χ0n) is 9.72. The Kier molecular flexibility index (Phi) is 5.68. The van der Waals surface area contributed by atoms with Gasteiger partial charge in [0.2, 0.25) is 0 Å². The van der Waals surface area contributed by atoms with E-state index < -0.39 is 17.2 Å². The van der Waals surface area contributed by atoms with E-state index in [1.807, 2.05) is 6.92 Å². The van der Waals surface area contributed by atoms with Gasteiger partial charge in [-0.05, 0) is 24.6 Å². The number of aromatic carboxylic acids is 1. The molecule has 0 heterocycles. The minimum Gasteiger partial charge on any atom is -0.480 e. The van der Waals surface area contributed by atoms with Crippen LogP contribution in [0.15, 0.2) is 27.6 Å². The van der Waals surface area contributed by atoms with Gasteiger partial charge in [-0.3, -0.25) is 4.79 Å². The second-order valence-corrected chi connectivity index (χ2v) is 5.84. The Morgan fingerprint density at radius 3 is 2.56 bits per heavy atom. The van der Waals surface area contributed by atoms with Crippen LogP contribution in [-0.2, 0) is 4.79 Å². The molecule has 0 aromatic heterocycles. The lowest BCUT2D eigenvalue weighted by atomic mass is 10.2. The van der Waals surface area contributed by atoms with Crippen LogP contribution in [0.4, 0.5) is 0 Å². The number of rotatable bonds is 6. The molecule has 1 rings (SSSR count). The third-order valence-electron chi connectivity index (χ3n) is 2.27. The zero-order chi connectivity index (χ0) is 13.7. The zero-order valence-corrected chi connectivity index (χ0v) is 12.1. The highest BCUT2D eigenvalue weighted by Crippen LogP contribution is 2.31. The van der Waals surface area contributed by atoms with Gasteiger partial charge in [-0.15, -0.1) is 11.8 Å². The molecule has 98 valence electrons. The van der Waals surface area contributed by atoms with Crippen LogP contribution in [-0.4, -0.2) is 27.4 Å². The second-order valence-electron chi connectivity index (χ2n) is 3.68. The van der Waals surface area contributed by atoms with Crippen molar-refractivity contribution in [2.75, 3.05) is 0 Å². The molecule has 0 saturated carbocycles. The molecule has 6 heteroatoms. The van der Waals surface area contributed by atoms with Crippen molar-refractivity contribution in [3.63, 3.8) is 0 Å². The molecule has 18 heavy (non-hydrogen) atoms. The van der Waals surface area contributed by atoms with Crippen molar-refractivity contribution < 1.29 is 19.8 Å². The lowest BCUT2D eigenvalue weighted by molar-refractivity contribution is -0.136. The Labute approximate surface area is 118 Å². The van der Waals surface area contributed by atoms with Crippen LogP contribution >= 0.6 is 27.7 Å². The smallest absolute Gasteiger partial charge is 0.336 e. The number of aliphatic carboxylic acids is 1. The molecule has 0 aliphatic heterocycles. The first-order chi connectivity index (χ1) is 8.45. The fourth-order valence-electron chi connectivity index (χ4n) is 1.42. The summed E-state index contributed by atoms with van der Waals surface area (Å²) in [6.45, 7) is 1.90. The molecule has 0 amide bonds. The number of benzene rings is 1. The minimum atomic E-state index is -1.05. The van der Waals surface area contributed by atoms with Crippen molar-refractivity contribution in [3.05, 3.63) is 28.2 Å². The van der Waals surface area contributed by atoms with Gasteiger partial charge >= 0.3 is 11.9 Å². The molecule has 1 aromatic carbocycles. The van der Waals surface area contributed by atoms with E-state index in [1.165, 1.54) is 6.07 Å². The first-order valence-corrected chi connectivity index (χ1v) is 7.05. The summed E-state index contributed by atoms with van der Waals surface area (Å²) in [6, 6.07) is 4.74. The van der Waals surface area contributed by atoms with Crippen molar-refractivity contribution >= 4 is 39.6 Å². The molecule has 1 aromatic rings. The lowest BCUT2D eigenvalue weighted by Gasteiger charge is -2.12. The summed E-state index contributed by atoms with van der Waals surface area (Å²) < 4.78 is 0.732. The van der Waals surface area contributed by atoms with Gasteiger partial charge in [-0.1, -0.05) is 29.3 Å². The lowest BCUT2D eigenvalue weighted by Crippen LogP contribution is -2.16. The average molecular weight is 333 g/mol. The van der Waals surface area contributed by atoms with Gasteiger partial charge in [0.1, 0.15) is 5.25 Å². The van der Waals surface area contributed by atoms with Crippen LogP contribution in [0.2, 0.25) is 0 Å². The Morgan fingerprint density at radius 1 is 1.39 bits per heavy atom. The van der Waals surface area contributed by atoms with E-state index >= 15 is 0 Å². The highest BCUT2D eigenvalue weighted by Gasteiger charge is 2.21. The summed E-state index contributed by atoms with van der Waals surface area (Å²) in [6.07, 6.45) is 1.24. The van der Waals surface area contributed by atoms with Crippen LogP contribution in [0.3, 0.4) is 0 Å². The third-order valence-corrected chi connectivity index (χ3v) is 4.08. The molecule has 0 bridgehead atoms. The fourth-order valence-corrected chi connectivity index (χ4v) is 3.17. The molecule has 1 unspecified atom stereocenters. The average Bonchev–Trinajstić information content (AvgIpc) is 2.28. The van der Waals surface area contributed by atoms with E-state index in [9.17, 15) is 9.59 Å². The molecule has 0 aliphatic rings. The predicted octanol–water partition coefficient (Wildman–Crippen LogP) is 3.49. The standard InChI is InChI=1S/C12H13BrO4S/c1-2-3-9(12(16)17)18-10-6-7(13)4-5-8(10)11(14)15/h4-6,9H,2-3H2,1H3,(H,14,15)(H,16,17). The van der Waals surface area contributed by atoms with Gasteiger partial charge in [0.15, 0.2) is 0 Å². The summed E-state index contributed by atoms with van der Waals surface area (Å²) in [5.41, 5.74) is 0.130. The number of thioether (sulfide) groups is 1. The molecule has 0 radical (unpaired) electrons. The molecule has 0 saturated heterocycles. The van der Waals surface area contributed by atoms with Crippen molar-refractivity contribution in [2.24, 2.45) is 0 Å². The van der Waals surface area contributed by atoms with E-state index in [1.54, 1.807) is 12.1 Å². The van der Waals surface area contributed by atoms with Crippen molar-refractivity contribution in [2.45, 2.75) is 29.9 Å². The highest BCUT2D eigenvalue weighted by molar-refractivity contribution is 9.10. The van der Waals surface area contributed by atoms with Crippen molar-refractivity contribution in [1.82, 2.24) is 0 Å². The molecule has 0 aliphatic carbocycles. The quantitative estimate of drug-likeness (QED) is 0.780. The van der Waals surface area contributed by atoms with Gasteiger partial charge in [0.05, 0.1) is 5.56 Å².